The fourth-order valence-corrected chi connectivity index (χ4v) is 4.09. The summed E-state index contributed by atoms with van der Waals surface area (Å²) < 4.78 is 32.1. The quantitative estimate of drug-likeness (QED) is 0.569. The molecule has 0 saturated carbocycles. The number of benzene rings is 1. The molecular formula is C15H22ClNO3S. The molecule has 2 rings (SSSR count). The number of hydrogen-bond acceptors (Lipinski definition) is 3. The Morgan fingerprint density at radius 3 is 2.62 bits per heavy atom. The number of hydrogen-bond donors (Lipinski definition) is 0. The van der Waals surface area contributed by atoms with Gasteiger partial charge >= 0.3 is 0 Å². The van der Waals surface area contributed by atoms with E-state index in [2.05, 4.69) is 6.92 Å². The molecule has 21 heavy (non-hydrogen) atoms. The Balaban J connectivity index is 2.03. The van der Waals surface area contributed by atoms with Crippen LogP contribution in [-0.4, -0.2) is 38.3 Å². The normalized spacial score (nSPS) is 19.8. The van der Waals surface area contributed by atoms with E-state index < -0.39 is 10.0 Å². The Morgan fingerprint density at radius 2 is 2.05 bits per heavy atom. The largest absolute Gasteiger partial charge is 0.494 e. The first kappa shape index (κ1) is 16.6. The molecule has 0 radical (unpaired) electrons. The van der Waals surface area contributed by atoms with Gasteiger partial charge in [0, 0.05) is 19.0 Å². The fourth-order valence-electron chi connectivity index (χ4n) is 2.45. The summed E-state index contributed by atoms with van der Waals surface area (Å²) in [7, 11) is -3.37. The average molecular weight is 332 g/mol. The topological polar surface area (TPSA) is 46.6 Å². The van der Waals surface area contributed by atoms with Gasteiger partial charge in [-0.3, -0.25) is 0 Å². The molecule has 1 aliphatic heterocycles. The van der Waals surface area contributed by atoms with Gasteiger partial charge in [-0.2, -0.15) is 4.31 Å². The van der Waals surface area contributed by atoms with Crippen molar-refractivity contribution in [2.24, 2.45) is 5.92 Å². The Kier molecular flexibility index (Phi) is 5.90. The Bertz CT molecular complexity index is 545. The summed E-state index contributed by atoms with van der Waals surface area (Å²) >= 11 is 5.58. The highest BCUT2D eigenvalue weighted by molar-refractivity contribution is 7.89. The standard InChI is InChI=1S/C15H22ClNO3S/c1-2-13-8-10-17(12-13)21(18,19)15-6-4-14(5-7-15)20-11-3-9-16/h4-7,13H,2-3,8-12H2,1H3. The van der Waals surface area contributed by atoms with Gasteiger partial charge in [0.25, 0.3) is 0 Å². The third-order valence-electron chi connectivity index (χ3n) is 3.83. The lowest BCUT2D eigenvalue weighted by Gasteiger charge is -2.16. The van der Waals surface area contributed by atoms with Crippen LogP contribution in [0.3, 0.4) is 0 Å². The summed E-state index contributed by atoms with van der Waals surface area (Å²) in [4.78, 5) is 0.337. The first-order valence-corrected chi connectivity index (χ1v) is 9.34. The third kappa shape index (κ3) is 4.11. The average Bonchev–Trinajstić information content (AvgIpc) is 2.98. The number of halogens is 1. The maximum atomic E-state index is 12.5. The van der Waals surface area contributed by atoms with Crippen LogP contribution < -0.4 is 4.74 Å². The van der Waals surface area contributed by atoms with Crippen molar-refractivity contribution in [3.05, 3.63) is 24.3 Å². The molecule has 0 aromatic heterocycles. The van der Waals surface area contributed by atoms with Gasteiger partial charge in [-0.25, -0.2) is 8.42 Å². The van der Waals surface area contributed by atoms with E-state index >= 15 is 0 Å². The van der Waals surface area contributed by atoms with E-state index in [1.165, 1.54) is 0 Å². The van der Waals surface area contributed by atoms with Gasteiger partial charge in [0.1, 0.15) is 5.75 Å². The van der Waals surface area contributed by atoms with E-state index in [0.717, 1.165) is 19.3 Å². The van der Waals surface area contributed by atoms with Crippen molar-refractivity contribution in [3.8, 4) is 5.75 Å². The molecule has 1 aliphatic rings. The maximum absolute atomic E-state index is 12.5. The van der Waals surface area contributed by atoms with Crippen LogP contribution in [0.25, 0.3) is 0 Å². The van der Waals surface area contributed by atoms with E-state index in [9.17, 15) is 8.42 Å². The van der Waals surface area contributed by atoms with Crippen molar-refractivity contribution in [1.29, 1.82) is 0 Å². The lowest BCUT2D eigenvalue weighted by molar-refractivity contribution is 0.318. The van der Waals surface area contributed by atoms with Gasteiger partial charge in [0.15, 0.2) is 0 Å². The molecule has 4 nitrogen and oxygen atoms in total. The van der Waals surface area contributed by atoms with Crippen LogP contribution in [0.15, 0.2) is 29.2 Å². The number of rotatable bonds is 7. The molecule has 118 valence electrons. The number of alkyl halides is 1. The zero-order chi connectivity index (χ0) is 15.3. The van der Waals surface area contributed by atoms with Gasteiger partial charge in [-0.05, 0) is 43.0 Å². The zero-order valence-electron chi connectivity index (χ0n) is 12.3. The molecule has 6 heteroatoms. The molecule has 1 unspecified atom stereocenters. The van der Waals surface area contributed by atoms with E-state index in [-0.39, 0.29) is 0 Å². The van der Waals surface area contributed by atoms with Crippen molar-refractivity contribution >= 4 is 21.6 Å². The van der Waals surface area contributed by atoms with E-state index in [1.807, 2.05) is 0 Å². The van der Waals surface area contributed by atoms with Crippen LogP contribution in [0.4, 0.5) is 0 Å². The Hall–Kier alpha value is -0.780. The van der Waals surface area contributed by atoms with Crippen molar-refractivity contribution < 1.29 is 13.2 Å². The van der Waals surface area contributed by atoms with Gasteiger partial charge in [0.2, 0.25) is 10.0 Å². The van der Waals surface area contributed by atoms with Gasteiger partial charge in [-0.1, -0.05) is 13.3 Å². The molecular weight excluding hydrogens is 310 g/mol. The Morgan fingerprint density at radius 1 is 1.33 bits per heavy atom. The van der Waals surface area contributed by atoms with Crippen LogP contribution in [0.2, 0.25) is 0 Å². The van der Waals surface area contributed by atoms with E-state index in [0.29, 0.717) is 42.1 Å². The minimum absolute atomic E-state index is 0.337. The second-order valence-corrected chi connectivity index (χ2v) is 7.60. The molecule has 0 N–H and O–H groups in total. The summed E-state index contributed by atoms with van der Waals surface area (Å²) in [5.41, 5.74) is 0. The first-order valence-electron chi connectivity index (χ1n) is 7.37. The highest BCUT2D eigenvalue weighted by atomic mass is 35.5. The molecule has 1 atom stereocenters. The Labute approximate surface area is 132 Å². The SMILES string of the molecule is CCC1CCN(S(=O)(=O)c2ccc(OCCCCl)cc2)C1. The minimum Gasteiger partial charge on any atom is -0.494 e. The summed E-state index contributed by atoms with van der Waals surface area (Å²) in [6.07, 6.45) is 2.75. The van der Waals surface area contributed by atoms with Crippen molar-refractivity contribution in [3.63, 3.8) is 0 Å². The maximum Gasteiger partial charge on any atom is 0.243 e. The molecule has 0 amide bonds. The van der Waals surface area contributed by atoms with E-state index in [4.69, 9.17) is 16.3 Å². The highest BCUT2D eigenvalue weighted by Gasteiger charge is 2.31. The minimum atomic E-state index is -3.37. The lowest BCUT2D eigenvalue weighted by atomic mass is 10.1. The molecule has 0 aliphatic carbocycles. The molecule has 1 saturated heterocycles. The smallest absolute Gasteiger partial charge is 0.243 e. The third-order valence-corrected chi connectivity index (χ3v) is 5.98. The van der Waals surface area contributed by atoms with Crippen LogP contribution in [0.5, 0.6) is 5.75 Å². The van der Waals surface area contributed by atoms with Crippen molar-refractivity contribution in [2.45, 2.75) is 31.1 Å². The van der Waals surface area contributed by atoms with Crippen LogP contribution >= 0.6 is 11.6 Å². The van der Waals surface area contributed by atoms with Crippen LogP contribution in [-0.2, 0) is 10.0 Å². The molecule has 0 spiro atoms. The predicted octanol–water partition coefficient (Wildman–Crippen LogP) is 3.11. The molecule has 1 heterocycles. The van der Waals surface area contributed by atoms with Crippen LogP contribution in [0.1, 0.15) is 26.2 Å². The molecule has 1 fully saturated rings. The number of sulfonamides is 1. The predicted molar refractivity (Wildman–Crippen MR) is 84.4 cm³/mol. The van der Waals surface area contributed by atoms with E-state index in [1.54, 1.807) is 28.6 Å². The second kappa shape index (κ2) is 7.47. The second-order valence-electron chi connectivity index (χ2n) is 5.29. The number of nitrogens with zero attached hydrogens (tertiary/aromatic N) is 1. The summed E-state index contributed by atoms with van der Waals surface area (Å²) in [6.45, 7) is 3.90. The first-order chi connectivity index (χ1) is 10.1. The van der Waals surface area contributed by atoms with Crippen molar-refractivity contribution in [2.75, 3.05) is 25.6 Å². The molecule has 0 bridgehead atoms. The summed E-state index contributed by atoms with van der Waals surface area (Å²) in [5, 5.41) is 0. The summed E-state index contributed by atoms with van der Waals surface area (Å²) in [5.74, 6) is 1.71. The monoisotopic (exact) mass is 331 g/mol. The number of ether oxygens (including phenoxy) is 1. The summed E-state index contributed by atoms with van der Waals surface area (Å²) in [6, 6.07) is 6.64. The highest BCUT2D eigenvalue weighted by Crippen LogP contribution is 2.26. The van der Waals surface area contributed by atoms with Gasteiger partial charge in [0.05, 0.1) is 11.5 Å². The molecule has 1 aromatic rings. The lowest BCUT2D eigenvalue weighted by Crippen LogP contribution is -2.28. The fraction of sp³-hybridized carbons (Fsp3) is 0.600. The van der Waals surface area contributed by atoms with Crippen LogP contribution in [0, 0.1) is 5.92 Å². The van der Waals surface area contributed by atoms with Gasteiger partial charge in [-0.15, -0.1) is 11.6 Å². The zero-order valence-corrected chi connectivity index (χ0v) is 13.9. The van der Waals surface area contributed by atoms with Gasteiger partial charge < -0.3 is 4.74 Å². The molecule has 1 aromatic carbocycles. The van der Waals surface area contributed by atoms with Crippen molar-refractivity contribution in [1.82, 2.24) is 4.31 Å².